The summed E-state index contributed by atoms with van der Waals surface area (Å²) in [6, 6.07) is 14.2. The number of para-hydroxylation sites is 1. The lowest BCUT2D eigenvalue weighted by atomic mass is 10.2. The first-order chi connectivity index (χ1) is 15.4. The van der Waals surface area contributed by atoms with Crippen molar-refractivity contribution in [1.82, 2.24) is 15.5 Å². The number of sulfonamides is 1. The molecule has 2 aromatic rings. The van der Waals surface area contributed by atoms with Gasteiger partial charge < -0.3 is 20.1 Å². The SMILES string of the molecule is CS(=O)(=O)Nc1ccccc1CNC(=O)NCc1cccc(OCCN2CCOCC2)c1. The highest BCUT2D eigenvalue weighted by Crippen LogP contribution is 2.16. The number of amides is 2. The van der Waals surface area contributed by atoms with Gasteiger partial charge in [-0.15, -0.1) is 0 Å². The Morgan fingerprint density at radius 1 is 1.06 bits per heavy atom. The van der Waals surface area contributed by atoms with Crippen molar-refractivity contribution in [2.24, 2.45) is 0 Å². The number of hydrogen-bond acceptors (Lipinski definition) is 6. The summed E-state index contributed by atoms with van der Waals surface area (Å²) >= 11 is 0. The lowest BCUT2D eigenvalue weighted by Crippen LogP contribution is -2.38. The Bertz CT molecular complexity index is 993. The summed E-state index contributed by atoms with van der Waals surface area (Å²) in [7, 11) is -3.40. The number of hydrogen-bond donors (Lipinski definition) is 3. The minimum absolute atomic E-state index is 0.190. The van der Waals surface area contributed by atoms with E-state index in [2.05, 4.69) is 20.3 Å². The number of carbonyl (C=O) groups excluding carboxylic acids is 1. The first kappa shape index (κ1) is 23.8. The molecule has 0 saturated carbocycles. The van der Waals surface area contributed by atoms with Gasteiger partial charge in [-0.2, -0.15) is 0 Å². The maximum atomic E-state index is 12.2. The van der Waals surface area contributed by atoms with Crippen molar-refractivity contribution in [2.45, 2.75) is 13.1 Å². The predicted molar refractivity (Wildman–Crippen MR) is 123 cm³/mol. The fourth-order valence-electron chi connectivity index (χ4n) is 3.26. The van der Waals surface area contributed by atoms with E-state index in [0.29, 0.717) is 24.4 Å². The van der Waals surface area contributed by atoms with Crippen LogP contribution in [0.3, 0.4) is 0 Å². The number of rotatable bonds is 10. The van der Waals surface area contributed by atoms with Crippen LogP contribution in [-0.4, -0.2) is 65.1 Å². The van der Waals surface area contributed by atoms with Gasteiger partial charge in [0.1, 0.15) is 12.4 Å². The smallest absolute Gasteiger partial charge is 0.315 e. The summed E-state index contributed by atoms with van der Waals surface area (Å²) < 4.78 is 36.6. The van der Waals surface area contributed by atoms with Crippen LogP contribution in [0.5, 0.6) is 5.75 Å². The fourth-order valence-corrected chi connectivity index (χ4v) is 3.86. The topological polar surface area (TPSA) is 109 Å². The van der Waals surface area contributed by atoms with Gasteiger partial charge in [-0.25, -0.2) is 13.2 Å². The molecule has 0 bridgehead atoms. The third kappa shape index (κ3) is 8.37. The van der Waals surface area contributed by atoms with Crippen LogP contribution in [-0.2, 0) is 27.8 Å². The second-order valence-corrected chi connectivity index (χ2v) is 9.27. The number of morpholine rings is 1. The second kappa shape index (κ2) is 11.7. The van der Waals surface area contributed by atoms with Crippen molar-refractivity contribution in [3.63, 3.8) is 0 Å². The van der Waals surface area contributed by atoms with Crippen molar-refractivity contribution in [2.75, 3.05) is 50.4 Å². The van der Waals surface area contributed by atoms with Crippen molar-refractivity contribution in [3.05, 3.63) is 59.7 Å². The van der Waals surface area contributed by atoms with E-state index in [1.807, 2.05) is 24.3 Å². The molecule has 1 aliphatic rings. The van der Waals surface area contributed by atoms with Crippen molar-refractivity contribution >= 4 is 21.7 Å². The van der Waals surface area contributed by atoms with Crippen LogP contribution in [0.1, 0.15) is 11.1 Å². The number of ether oxygens (including phenoxy) is 2. The zero-order chi connectivity index (χ0) is 22.8. The number of anilines is 1. The average molecular weight is 463 g/mol. The Kier molecular flexibility index (Phi) is 8.72. The number of nitrogens with one attached hydrogen (secondary N) is 3. The minimum Gasteiger partial charge on any atom is -0.492 e. The third-order valence-corrected chi connectivity index (χ3v) is 5.47. The molecular weight excluding hydrogens is 432 g/mol. The Hall–Kier alpha value is -2.82. The summed E-state index contributed by atoms with van der Waals surface area (Å²) in [5.41, 5.74) is 2.03. The van der Waals surface area contributed by atoms with E-state index in [1.54, 1.807) is 24.3 Å². The van der Waals surface area contributed by atoms with Crippen molar-refractivity contribution in [1.29, 1.82) is 0 Å². The number of carbonyl (C=O) groups is 1. The van der Waals surface area contributed by atoms with Gasteiger partial charge in [-0.05, 0) is 29.3 Å². The lowest BCUT2D eigenvalue weighted by molar-refractivity contribution is 0.0322. The molecule has 0 aliphatic carbocycles. The van der Waals surface area contributed by atoms with Gasteiger partial charge in [-0.3, -0.25) is 9.62 Å². The van der Waals surface area contributed by atoms with E-state index >= 15 is 0 Å². The van der Waals surface area contributed by atoms with E-state index in [9.17, 15) is 13.2 Å². The van der Waals surface area contributed by atoms with Gasteiger partial charge >= 0.3 is 6.03 Å². The summed E-state index contributed by atoms with van der Waals surface area (Å²) in [4.78, 5) is 14.5. The van der Waals surface area contributed by atoms with Gasteiger partial charge in [0.2, 0.25) is 10.0 Å². The Balaban J connectivity index is 1.42. The highest BCUT2D eigenvalue weighted by molar-refractivity contribution is 7.92. The standard InChI is InChI=1S/C22H30N4O5S/c1-32(28,29)25-21-8-3-2-6-19(21)17-24-22(27)23-16-18-5-4-7-20(15-18)31-14-11-26-9-12-30-13-10-26/h2-8,15,25H,9-14,16-17H2,1H3,(H2,23,24,27). The van der Waals surface area contributed by atoms with E-state index in [1.165, 1.54) is 0 Å². The van der Waals surface area contributed by atoms with Crippen LogP contribution in [0.15, 0.2) is 48.5 Å². The molecule has 9 nitrogen and oxygen atoms in total. The van der Waals surface area contributed by atoms with Crippen LogP contribution >= 0.6 is 0 Å². The maximum absolute atomic E-state index is 12.2. The Morgan fingerprint density at radius 3 is 2.59 bits per heavy atom. The molecule has 10 heteroatoms. The molecule has 1 aliphatic heterocycles. The molecule has 0 aromatic heterocycles. The molecule has 0 unspecified atom stereocenters. The summed E-state index contributed by atoms with van der Waals surface area (Å²) in [5, 5.41) is 5.55. The quantitative estimate of drug-likeness (QED) is 0.497. The molecule has 2 aromatic carbocycles. The molecule has 3 rings (SSSR count). The summed E-state index contributed by atoms with van der Waals surface area (Å²) in [5.74, 6) is 0.763. The van der Waals surface area contributed by atoms with Gasteiger partial charge in [-0.1, -0.05) is 30.3 Å². The third-order valence-electron chi connectivity index (χ3n) is 4.88. The molecule has 0 atom stereocenters. The maximum Gasteiger partial charge on any atom is 0.315 e. The second-order valence-electron chi connectivity index (χ2n) is 7.52. The van der Waals surface area contributed by atoms with E-state index in [-0.39, 0.29) is 12.6 Å². The average Bonchev–Trinajstić information content (AvgIpc) is 2.77. The molecule has 1 saturated heterocycles. The van der Waals surface area contributed by atoms with Crippen LogP contribution < -0.4 is 20.1 Å². The van der Waals surface area contributed by atoms with Gasteiger partial charge in [0.05, 0.1) is 25.2 Å². The molecule has 1 heterocycles. The molecule has 0 radical (unpaired) electrons. The van der Waals surface area contributed by atoms with Crippen LogP contribution in [0.4, 0.5) is 10.5 Å². The Labute approximate surface area is 189 Å². The molecule has 174 valence electrons. The first-order valence-electron chi connectivity index (χ1n) is 10.5. The largest absolute Gasteiger partial charge is 0.492 e. The molecule has 0 spiro atoms. The van der Waals surface area contributed by atoms with E-state index in [0.717, 1.165) is 50.4 Å². The minimum atomic E-state index is -3.40. The number of nitrogens with zero attached hydrogens (tertiary/aromatic N) is 1. The van der Waals surface area contributed by atoms with Crippen molar-refractivity contribution in [3.8, 4) is 5.75 Å². The van der Waals surface area contributed by atoms with Crippen LogP contribution in [0, 0.1) is 0 Å². The molecular formula is C22H30N4O5S. The highest BCUT2D eigenvalue weighted by Gasteiger charge is 2.10. The lowest BCUT2D eigenvalue weighted by Gasteiger charge is -2.26. The zero-order valence-electron chi connectivity index (χ0n) is 18.2. The van der Waals surface area contributed by atoms with E-state index in [4.69, 9.17) is 9.47 Å². The zero-order valence-corrected chi connectivity index (χ0v) is 19.0. The molecule has 2 amide bonds. The van der Waals surface area contributed by atoms with Crippen LogP contribution in [0.25, 0.3) is 0 Å². The van der Waals surface area contributed by atoms with Gasteiger partial charge in [0.25, 0.3) is 0 Å². The van der Waals surface area contributed by atoms with Crippen molar-refractivity contribution < 1.29 is 22.7 Å². The summed E-state index contributed by atoms with van der Waals surface area (Å²) in [6.07, 6.45) is 1.09. The number of urea groups is 1. The fraction of sp³-hybridized carbons (Fsp3) is 0.409. The Morgan fingerprint density at radius 2 is 1.81 bits per heavy atom. The molecule has 32 heavy (non-hydrogen) atoms. The number of benzene rings is 2. The molecule has 1 fully saturated rings. The summed E-state index contributed by atoms with van der Waals surface area (Å²) in [6.45, 7) is 5.37. The normalized spacial score (nSPS) is 14.5. The van der Waals surface area contributed by atoms with E-state index < -0.39 is 10.0 Å². The van der Waals surface area contributed by atoms with Gasteiger partial charge in [0, 0.05) is 32.7 Å². The molecule has 3 N–H and O–H groups in total. The van der Waals surface area contributed by atoms with Gasteiger partial charge in [0.15, 0.2) is 0 Å². The monoisotopic (exact) mass is 462 g/mol. The predicted octanol–water partition coefficient (Wildman–Crippen LogP) is 1.77. The van der Waals surface area contributed by atoms with Crippen LogP contribution in [0.2, 0.25) is 0 Å². The first-order valence-corrected chi connectivity index (χ1v) is 12.4. The highest BCUT2D eigenvalue weighted by atomic mass is 32.2.